The highest BCUT2D eigenvalue weighted by atomic mass is 32.1. The summed E-state index contributed by atoms with van der Waals surface area (Å²) in [6.45, 7) is 2.54. The Morgan fingerprint density at radius 2 is 2.47 bits per heavy atom. The van der Waals surface area contributed by atoms with Gasteiger partial charge in [-0.1, -0.05) is 25.2 Å². The summed E-state index contributed by atoms with van der Waals surface area (Å²) in [7, 11) is 0. The Labute approximate surface area is 107 Å². The molecule has 17 heavy (non-hydrogen) atoms. The van der Waals surface area contributed by atoms with Crippen LogP contribution in [0.25, 0.3) is 0 Å². The molecule has 1 heterocycles. The van der Waals surface area contributed by atoms with Crippen molar-refractivity contribution in [1.29, 1.82) is 0 Å². The van der Waals surface area contributed by atoms with E-state index in [4.69, 9.17) is 18.0 Å². The smallest absolute Gasteiger partial charge is 0.217 e. The number of amides is 1. The van der Waals surface area contributed by atoms with Crippen LogP contribution in [0.2, 0.25) is 0 Å². The lowest BCUT2D eigenvalue weighted by atomic mass is 10.0. The number of aromatic nitrogens is 1. The second-order valence-electron chi connectivity index (χ2n) is 3.89. The third-order valence-corrected chi connectivity index (χ3v) is 2.43. The molecule has 1 aromatic heterocycles. The zero-order valence-electron chi connectivity index (χ0n) is 9.72. The van der Waals surface area contributed by atoms with Gasteiger partial charge in [-0.25, -0.2) is 0 Å². The van der Waals surface area contributed by atoms with Crippen molar-refractivity contribution < 1.29 is 4.79 Å². The van der Waals surface area contributed by atoms with Crippen molar-refractivity contribution in [3.63, 3.8) is 0 Å². The van der Waals surface area contributed by atoms with Crippen molar-refractivity contribution in [3.8, 4) is 0 Å². The van der Waals surface area contributed by atoms with E-state index >= 15 is 0 Å². The molecule has 0 spiro atoms. The maximum absolute atomic E-state index is 10.7. The van der Waals surface area contributed by atoms with E-state index in [0.717, 1.165) is 5.56 Å². The van der Waals surface area contributed by atoms with Crippen molar-refractivity contribution >= 4 is 23.1 Å². The molecule has 0 aliphatic heterocycles. The number of nitrogens with two attached hydrogens (primary N) is 1. The largest absolute Gasteiger partial charge is 0.375 e. The average molecular weight is 250 g/mol. The van der Waals surface area contributed by atoms with Crippen LogP contribution in [0.4, 0.5) is 0 Å². The monoisotopic (exact) mass is 250 g/mol. The molecule has 0 saturated heterocycles. The third-order valence-electron chi connectivity index (χ3n) is 2.15. The lowest BCUT2D eigenvalue weighted by Gasteiger charge is -2.11. The van der Waals surface area contributed by atoms with Gasteiger partial charge >= 0.3 is 0 Å². The predicted molar refractivity (Wildman–Crippen MR) is 71.0 cm³/mol. The molecule has 1 aromatic rings. The molecule has 5 heteroatoms. The van der Waals surface area contributed by atoms with Crippen LogP contribution < -0.4 is 11.1 Å². The Balaban J connectivity index is 2.28. The molecular formula is C12H16N3OS. The molecule has 91 valence electrons. The fourth-order valence-corrected chi connectivity index (χ4v) is 1.69. The zero-order valence-corrected chi connectivity index (χ0v) is 10.5. The van der Waals surface area contributed by atoms with Gasteiger partial charge in [0, 0.05) is 31.8 Å². The highest BCUT2D eigenvalue weighted by molar-refractivity contribution is 7.80. The minimum atomic E-state index is -0.316. The Kier molecular flexibility index (Phi) is 5.56. The van der Waals surface area contributed by atoms with Crippen molar-refractivity contribution in [2.24, 2.45) is 11.7 Å². The van der Waals surface area contributed by atoms with Crippen LogP contribution >= 0.6 is 12.2 Å². The standard InChI is InChI=1S/C12H16N3OS/c1-9(5-11(13)16)6-12(17)15-8-10-3-2-4-14-7-10/h2-4,6-7,9H,5,8H2,1H3,(H2,13,16)(H,15,17)/t9-/m1/s1. The molecule has 0 aliphatic rings. The van der Waals surface area contributed by atoms with Gasteiger partial charge in [0.15, 0.2) is 0 Å². The van der Waals surface area contributed by atoms with Gasteiger partial charge in [0.1, 0.15) is 0 Å². The molecule has 1 rings (SSSR count). The Bertz CT molecular complexity index is 381. The normalized spacial score (nSPS) is 11.8. The van der Waals surface area contributed by atoms with Gasteiger partial charge in [0.25, 0.3) is 0 Å². The molecule has 1 atom stereocenters. The SMILES string of the molecule is C[C@@H]([CH]C(=S)NCc1cccnc1)CC(N)=O. The number of nitrogens with one attached hydrogen (secondary N) is 1. The summed E-state index contributed by atoms with van der Waals surface area (Å²) >= 11 is 5.14. The highest BCUT2D eigenvalue weighted by Gasteiger charge is 2.09. The number of carbonyl (C=O) groups is 1. The number of pyridine rings is 1. The maximum atomic E-state index is 10.7. The number of hydrogen-bond donors (Lipinski definition) is 2. The molecule has 0 unspecified atom stereocenters. The molecular weight excluding hydrogens is 234 g/mol. The van der Waals surface area contributed by atoms with Gasteiger partial charge in [-0.2, -0.15) is 0 Å². The minimum Gasteiger partial charge on any atom is -0.375 e. The van der Waals surface area contributed by atoms with E-state index in [1.54, 1.807) is 12.4 Å². The highest BCUT2D eigenvalue weighted by Crippen LogP contribution is 2.06. The van der Waals surface area contributed by atoms with E-state index in [9.17, 15) is 4.79 Å². The molecule has 0 aromatic carbocycles. The fourth-order valence-electron chi connectivity index (χ4n) is 1.39. The molecule has 0 bridgehead atoms. The summed E-state index contributed by atoms with van der Waals surface area (Å²) in [5, 5.41) is 3.09. The lowest BCUT2D eigenvalue weighted by molar-refractivity contribution is -0.118. The number of hydrogen-bond acceptors (Lipinski definition) is 3. The first-order valence-electron chi connectivity index (χ1n) is 5.38. The summed E-state index contributed by atoms with van der Waals surface area (Å²) in [6, 6.07) is 3.84. The van der Waals surface area contributed by atoms with E-state index < -0.39 is 0 Å². The molecule has 4 nitrogen and oxygen atoms in total. The zero-order chi connectivity index (χ0) is 12.7. The van der Waals surface area contributed by atoms with Crippen LogP contribution in [0.1, 0.15) is 18.9 Å². The molecule has 3 N–H and O–H groups in total. The topological polar surface area (TPSA) is 68.0 Å². The van der Waals surface area contributed by atoms with E-state index in [1.807, 2.05) is 25.5 Å². The first kappa shape index (κ1) is 13.6. The Morgan fingerprint density at radius 3 is 3.06 bits per heavy atom. The van der Waals surface area contributed by atoms with Crippen LogP contribution in [0.3, 0.4) is 0 Å². The van der Waals surface area contributed by atoms with Crippen LogP contribution in [0.15, 0.2) is 24.5 Å². The predicted octanol–water partition coefficient (Wildman–Crippen LogP) is 1.21. The molecule has 1 amide bonds. The van der Waals surface area contributed by atoms with Crippen molar-refractivity contribution in [1.82, 2.24) is 10.3 Å². The third kappa shape index (κ3) is 5.97. The quantitative estimate of drug-likeness (QED) is 0.745. The van der Waals surface area contributed by atoms with Crippen molar-refractivity contribution in [3.05, 3.63) is 36.5 Å². The first-order chi connectivity index (χ1) is 8.08. The summed E-state index contributed by atoms with van der Waals surface area (Å²) in [5.41, 5.74) is 6.16. The van der Waals surface area contributed by atoms with E-state index in [1.165, 1.54) is 0 Å². The average Bonchev–Trinajstić information content (AvgIpc) is 2.26. The minimum absolute atomic E-state index is 0.0569. The van der Waals surface area contributed by atoms with Gasteiger partial charge in [-0.05, 0) is 17.5 Å². The molecule has 0 aliphatic carbocycles. The molecule has 1 radical (unpaired) electrons. The van der Waals surface area contributed by atoms with Gasteiger partial charge in [-0.15, -0.1) is 0 Å². The van der Waals surface area contributed by atoms with Gasteiger partial charge < -0.3 is 11.1 Å². The fraction of sp³-hybridized carbons (Fsp3) is 0.333. The van der Waals surface area contributed by atoms with Crippen LogP contribution in [0, 0.1) is 12.3 Å². The van der Waals surface area contributed by atoms with Crippen molar-refractivity contribution in [2.75, 3.05) is 0 Å². The van der Waals surface area contributed by atoms with Crippen LogP contribution in [-0.4, -0.2) is 15.9 Å². The summed E-state index contributed by atoms with van der Waals surface area (Å²) in [5.74, 6) is -0.259. The number of nitrogens with zero attached hydrogens (tertiary/aromatic N) is 1. The lowest BCUT2D eigenvalue weighted by Crippen LogP contribution is -2.25. The van der Waals surface area contributed by atoms with Gasteiger partial charge in [0.05, 0.1) is 4.99 Å². The Morgan fingerprint density at radius 1 is 1.71 bits per heavy atom. The van der Waals surface area contributed by atoms with Crippen LogP contribution in [-0.2, 0) is 11.3 Å². The maximum Gasteiger partial charge on any atom is 0.217 e. The summed E-state index contributed by atoms with van der Waals surface area (Å²) < 4.78 is 0. The second-order valence-corrected chi connectivity index (χ2v) is 4.33. The van der Waals surface area contributed by atoms with Crippen LogP contribution in [0.5, 0.6) is 0 Å². The Hall–Kier alpha value is -1.49. The number of rotatable bonds is 6. The number of thiocarbonyl (C=S) groups is 1. The summed E-state index contributed by atoms with van der Waals surface area (Å²) in [6.07, 6.45) is 5.65. The first-order valence-corrected chi connectivity index (χ1v) is 5.78. The van der Waals surface area contributed by atoms with Gasteiger partial charge in [0.2, 0.25) is 5.91 Å². The van der Waals surface area contributed by atoms with E-state index in [-0.39, 0.29) is 11.8 Å². The second kappa shape index (κ2) is 6.96. The molecule has 0 fully saturated rings. The number of primary amides is 1. The summed E-state index contributed by atoms with van der Waals surface area (Å²) in [4.78, 5) is 15.3. The van der Waals surface area contributed by atoms with Gasteiger partial charge in [-0.3, -0.25) is 9.78 Å². The molecule has 0 saturated carbocycles. The van der Waals surface area contributed by atoms with E-state index in [2.05, 4.69) is 10.3 Å². The van der Waals surface area contributed by atoms with E-state index in [0.29, 0.717) is 18.0 Å². The van der Waals surface area contributed by atoms with Crippen molar-refractivity contribution in [2.45, 2.75) is 19.9 Å². The number of carbonyl (C=O) groups excluding carboxylic acids is 1.